The van der Waals surface area contributed by atoms with Gasteiger partial charge in [-0.15, -0.1) is 0 Å². The molecule has 2 rings (SSSR count). The van der Waals surface area contributed by atoms with Crippen molar-refractivity contribution in [2.75, 3.05) is 13.1 Å². The zero-order valence-electron chi connectivity index (χ0n) is 11.2. The van der Waals surface area contributed by atoms with E-state index < -0.39 is 6.43 Å². The molecule has 1 aliphatic heterocycles. The van der Waals surface area contributed by atoms with E-state index in [1.165, 1.54) is 31.4 Å². The fourth-order valence-electron chi connectivity index (χ4n) is 2.79. The largest absolute Gasteiger partial charge is 0.330 e. The quantitative estimate of drug-likeness (QED) is 0.887. The summed E-state index contributed by atoms with van der Waals surface area (Å²) in [6, 6.07) is 7.24. The average Bonchev–Trinajstić information content (AvgIpc) is 2.42. The van der Waals surface area contributed by atoms with Crippen molar-refractivity contribution in [2.24, 2.45) is 5.73 Å². The summed E-state index contributed by atoms with van der Waals surface area (Å²) in [6.07, 6.45) is 2.33. The van der Waals surface area contributed by atoms with Gasteiger partial charge in [0.05, 0.1) is 0 Å². The maximum Gasteiger partial charge on any atom is 0.263 e. The summed E-state index contributed by atoms with van der Waals surface area (Å²) in [5.74, 6) is 0. The number of halogens is 2. The number of rotatable bonds is 5. The minimum atomic E-state index is -2.38. The van der Waals surface area contributed by atoms with Crippen LogP contribution in [0.4, 0.5) is 8.78 Å². The monoisotopic (exact) mass is 268 g/mol. The molecule has 2 N–H and O–H groups in total. The molecule has 0 saturated carbocycles. The van der Waals surface area contributed by atoms with Crippen molar-refractivity contribution in [2.45, 2.75) is 44.7 Å². The normalized spacial score (nSPS) is 20.9. The van der Waals surface area contributed by atoms with E-state index in [1.54, 1.807) is 0 Å². The molecule has 1 aromatic carbocycles. The van der Waals surface area contributed by atoms with Gasteiger partial charge >= 0.3 is 0 Å². The first-order valence-corrected chi connectivity index (χ1v) is 7.02. The molecule has 1 aromatic rings. The fraction of sp³-hybridized carbons (Fsp3) is 0.600. The first-order chi connectivity index (χ1) is 9.20. The molecule has 0 amide bonds. The third-order valence-electron chi connectivity index (χ3n) is 3.87. The third-order valence-corrected chi connectivity index (χ3v) is 3.87. The Hall–Kier alpha value is -1.00. The lowest BCUT2D eigenvalue weighted by Gasteiger charge is -2.35. The minimum absolute atomic E-state index is 0.0981. The Morgan fingerprint density at radius 2 is 1.95 bits per heavy atom. The van der Waals surface area contributed by atoms with E-state index in [-0.39, 0.29) is 5.56 Å². The number of benzene rings is 1. The lowest BCUT2D eigenvalue weighted by molar-refractivity contribution is 0.134. The summed E-state index contributed by atoms with van der Waals surface area (Å²) in [7, 11) is 0. The highest BCUT2D eigenvalue weighted by Gasteiger charge is 2.21. The van der Waals surface area contributed by atoms with Gasteiger partial charge in [0.2, 0.25) is 0 Å². The molecule has 0 aliphatic carbocycles. The summed E-state index contributed by atoms with van der Waals surface area (Å²) in [5, 5.41) is 0. The van der Waals surface area contributed by atoms with Gasteiger partial charge < -0.3 is 5.73 Å². The Balaban J connectivity index is 1.98. The first-order valence-electron chi connectivity index (χ1n) is 7.02. The molecule has 0 radical (unpaired) electrons. The number of nitrogens with two attached hydrogens (primary N) is 1. The van der Waals surface area contributed by atoms with Crippen LogP contribution in [-0.4, -0.2) is 24.0 Å². The Kier molecular flexibility index (Phi) is 5.28. The predicted molar refractivity (Wildman–Crippen MR) is 73.1 cm³/mol. The van der Waals surface area contributed by atoms with Gasteiger partial charge in [-0.25, -0.2) is 8.78 Å². The van der Waals surface area contributed by atoms with Gasteiger partial charge in [-0.3, -0.25) is 4.90 Å². The summed E-state index contributed by atoms with van der Waals surface area (Å²) < 4.78 is 25.0. The van der Waals surface area contributed by atoms with Crippen LogP contribution in [0.2, 0.25) is 0 Å². The molecule has 0 spiro atoms. The second-order valence-corrected chi connectivity index (χ2v) is 5.24. The maximum absolute atomic E-state index is 12.5. The standard InChI is InChI=1S/C15H22F2N2/c16-15(17)13-6-4-12(5-7-13)11-19-10-2-1-3-14(19)8-9-18/h4-7,14-15H,1-3,8-11,18H2. The first kappa shape index (κ1) is 14.4. The van der Waals surface area contributed by atoms with Crippen LogP contribution in [0.5, 0.6) is 0 Å². The van der Waals surface area contributed by atoms with Gasteiger partial charge in [-0.2, -0.15) is 0 Å². The molecule has 1 fully saturated rings. The van der Waals surface area contributed by atoms with Crippen LogP contribution in [0, 0.1) is 0 Å². The van der Waals surface area contributed by atoms with Crippen molar-refractivity contribution in [1.29, 1.82) is 0 Å². The van der Waals surface area contributed by atoms with Crippen molar-refractivity contribution < 1.29 is 8.78 Å². The molecule has 1 unspecified atom stereocenters. The lowest BCUT2D eigenvalue weighted by Crippen LogP contribution is -2.40. The molecular weight excluding hydrogens is 246 g/mol. The Morgan fingerprint density at radius 1 is 1.21 bits per heavy atom. The summed E-state index contributed by atoms with van der Waals surface area (Å²) in [5.41, 5.74) is 6.86. The van der Waals surface area contributed by atoms with Crippen LogP contribution < -0.4 is 5.73 Å². The number of piperidine rings is 1. The van der Waals surface area contributed by atoms with Gasteiger partial charge in [-0.05, 0) is 37.9 Å². The van der Waals surface area contributed by atoms with Crippen molar-refractivity contribution in [1.82, 2.24) is 4.90 Å². The van der Waals surface area contributed by atoms with Crippen molar-refractivity contribution in [3.05, 3.63) is 35.4 Å². The topological polar surface area (TPSA) is 29.3 Å². The molecule has 1 aliphatic rings. The summed E-state index contributed by atoms with van der Waals surface area (Å²) in [6.45, 7) is 2.64. The van der Waals surface area contributed by atoms with Crippen LogP contribution in [0.25, 0.3) is 0 Å². The zero-order chi connectivity index (χ0) is 13.7. The minimum Gasteiger partial charge on any atom is -0.330 e. The highest BCUT2D eigenvalue weighted by molar-refractivity contribution is 5.23. The van der Waals surface area contributed by atoms with E-state index in [4.69, 9.17) is 5.73 Å². The Morgan fingerprint density at radius 3 is 2.58 bits per heavy atom. The van der Waals surface area contributed by atoms with Crippen LogP contribution in [-0.2, 0) is 6.54 Å². The van der Waals surface area contributed by atoms with Gasteiger partial charge in [0.25, 0.3) is 6.43 Å². The fourth-order valence-corrected chi connectivity index (χ4v) is 2.79. The van der Waals surface area contributed by atoms with Crippen molar-refractivity contribution in [3.8, 4) is 0 Å². The third kappa shape index (κ3) is 3.98. The molecule has 4 heteroatoms. The van der Waals surface area contributed by atoms with Crippen LogP contribution >= 0.6 is 0 Å². The van der Waals surface area contributed by atoms with E-state index in [9.17, 15) is 8.78 Å². The molecule has 1 atom stereocenters. The molecule has 0 bridgehead atoms. The number of hydrogen-bond acceptors (Lipinski definition) is 2. The van der Waals surface area contributed by atoms with Gasteiger partial charge in [0.1, 0.15) is 0 Å². The highest BCUT2D eigenvalue weighted by Crippen LogP contribution is 2.23. The van der Waals surface area contributed by atoms with Crippen molar-refractivity contribution >= 4 is 0 Å². The molecule has 0 aromatic heterocycles. The van der Waals surface area contributed by atoms with E-state index >= 15 is 0 Å². The zero-order valence-corrected chi connectivity index (χ0v) is 11.2. The number of nitrogens with zero attached hydrogens (tertiary/aromatic N) is 1. The maximum atomic E-state index is 12.5. The highest BCUT2D eigenvalue weighted by atomic mass is 19.3. The molecule has 1 heterocycles. The number of alkyl halides is 2. The van der Waals surface area contributed by atoms with Gasteiger partial charge in [-0.1, -0.05) is 30.7 Å². The van der Waals surface area contributed by atoms with E-state index in [0.29, 0.717) is 12.6 Å². The second-order valence-electron chi connectivity index (χ2n) is 5.24. The molecule has 2 nitrogen and oxygen atoms in total. The van der Waals surface area contributed by atoms with Crippen LogP contribution in [0.1, 0.15) is 43.2 Å². The van der Waals surface area contributed by atoms with Gasteiger partial charge in [0, 0.05) is 18.2 Å². The lowest BCUT2D eigenvalue weighted by atomic mass is 9.98. The van der Waals surface area contributed by atoms with Gasteiger partial charge in [0.15, 0.2) is 0 Å². The molecule has 1 saturated heterocycles. The Bertz CT molecular complexity index is 376. The predicted octanol–water partition coefficient (Wildman–Crippen LogP) is 3.33. The van der Waals surface area contributed by atoms with Crippen molar-refractivity contribution in [3.63, 3.8) is 0 Å². The molecule has 19 heavy (non-hydrogen) atoms. The SMILES string of the molecule is NCCC1CCCCN1Cc1ccc(C(F)F)cc1. The van der Waals surface area contributed by atoms with E-state index in [0.717, 1.165) is 25.1 Å². The smallest absolute Gasteiger partial charge is 0.263 e. The number of hydrogen-bond donors (Lipinski definition) is 1. The van der Waals surface area contributed by atoms with E-state index in [2.05, 4.69) is 4.90 Å². The Labute approximate surface area is 113 Å². The molecule has 106 valence electrons. The second kappa shape index (κ2) is 6.96. The van der Waals surface area contributed by atoms with Crippen LogP contribution in [0.15, 0.2) is 24.3 Å². The average molecular weight is 268 g/mol. The van der Waals surface area contributed by atoms with E-state index in [1.807, 2.05) is 12.1 Å². The van der Waals surface area contributed by atoms with Crippen LogP contribution in [0.3, 0.4) is 0 Å². The summed E-state index contributed by atoms with van der Waals surface area (Å²) in [4.78, 5) is 2.44. The molecular formula is C15H22F2N2. The summed E-state index contributed by atoms with van der Waals surface area (Å²) >= 11 is 0. The number of likely N-dealkylation sites (tertiary alicyclic amines) is 1.